The Morgan fingerprint density at radius 2 is 1.86 bits per heavy atom. The lowest BCUT2D eigenvalue weighted by atomic mass is 9.99. The van der Waals surface area contributed by atoms with Crippen LogP contribution in [0.5, 0.6) is 0 Å². The molecule has 186 valence electrons. The van der Waals surface area contributed by atoms with Crippen molar-refractivity contribution in [2.24, 2.45) is 7.05 Å². The number of hydrogen-bond acceptors (Lipinski definition) is 5. The van der Waals surface area contributed by atoms with Crippen molar-refractivity contribution >= 4 is 21.9 Å². The van der Waals surface area contributed by atoms with Crippen molar-refractivity contribution in [3.63, 3.8) is 0 Å². The second kappa shape index (κ2) is 9.11. The van der Waals surface area contributed by atoms with Crippen LogP contribution in [-0.2, 0) is 17.4 Å². The van der Waals surface area contributed by atoms with E-state index in [-0.39, 0.29) is 11.9 Å². The summed E-state index contributed by atoms with van der Waals surface area (Å²) in [7, 11) is 3.45. The monoisotopic (exact) mass is 487 g/mol. The molecule has 1 atom stereocenters. The van der Waals surface area contributed by atoms with E-state index in [1.54, 1.807) is 44.9 Å². The fraction of sp³-hybridized carbons (Fsp3) is 0.321. The molecular formula is C28H30FN5O2. The minimum Gasteiger partial charge on any atom is -0.386 e. The molecule has 7 nitrogen and oxygen atoms in total. The molecule has 0 spiro atoms. The van der Waals surface area contributed by atoms with Gasteiger partial charge in [-0.2, -0.15) is 0 Å². The molecule has 0 fully saturated rings. The zero-order valence-corrected chi connectivity index (χ0v) is 21.2. The molecule has 5 rings (SSSR count). The highest BCUT2D eigenvalue weighted by Crippen LogP contribution is 2.39. The van der Waals surface area contributed by atoms with Crippen LogP contribution in [0, 0.1) is 12.7 Å². The van der Waals surface area contributed by atoms with E-state index in [4.69, 9.17) is 9.72 Å². The lowest BCUT2D eigenvalue weighted by Gasteiger charge is -2.23. The van der Waals surface area contributed by atoms with Gasteiger partial charge >= 0.3 is 0 Å². The van der Waals surface area contributed by atoms with E-state index in [1.165, 1.54) is 0 Å². The molecule has 1 N–H and O–H groups in total. The van der Waals surface area contributed by atoms with Crippen molar-refractivity contribution in [3.8, 4) is 11.3 Å². The zero-order valence-electron chi connectivity index (χ0n) is 21.2. The summed E-state index contributed by atoms with van der Waals surface area (Å²) < 4.78 is 24.9. The molecule has 0 radical (unpaired) electrons. The molecule has 0 amide bonds. The molecule has 2 aromatic carbocycles. The summed E-state index contributed by atoms with van der Waals surface area (Å²) in [6.45, 7) is 5.83. The maximum atomic E-state index is 15.6. The molecule has 8 heteroatoms. The summed E-state index contributed by atoms with van der Waals surface area (Å²) in [5.74, 6) is -0.364. The van der Waals surface area contributed by atoms with Gasteiger partial charge in [0.1, 0.15) is 5.82 Å². The average Bonchev–Trinajstić information content (AvgIpc) is 3.34. The first kappa shape index (κ1) is 24.1. The minimum atomic E-state index is -1.08. The number of rotatable bonds is 7. The predicted octanol–water partition coefficient (Wildman–Crippen LogP) is 5.29. The zero-order chi connectivity index (χ0) is 25.6. The van der Waals surface area contributed by atoms with E-state index in [9.17, 15) is 5.11 Å². The van der Waals surface area contributed by atoms with E-state index in [0.29, 0.717) is 46.4 Å². The second-order valence-corrected chi connectivity index (χ2v) is 9.72. The molecule has 0 aliphatic heterocycles. The van der Waals surface area contributed by atoms with Gasteiger partial charge in [-0.25, -0.2) is 9.07 Å². The third-order valence-electron chi connectivity index (χ3n) is 6.78. The summed E-state index contributed by atoms with van der Waals surface area (Å²) >= 11 is 0. The average molecular weight is 488 g/mol. The number of methoxy groups -OCH3 is 1. The number of aromatic nitrogens is 5. The van der Waals surface area contributed by atoms with Gasteiger partial charge in [-0.15, -0.1) is 5.10 Å². The standard InChI is InChI=1S/C28H30FN5O2/c1-17-27(33(4)32-31-17)20-15-24-21(14-22(20)29)26-25(13-19(16-30-26)28(2,3)35)34(24)23(11-12-36-5)18-9-7-6-8-10-18/h6-10,13-16,23,35H,11-12H2,1-5H3/t23-/m0/s1. The van der Waals surface area contributed by atoms with E-state index in [2.05, 4.69) is 27.0 Å². The lowest BCUT2D eigenvalue weighted by molar-refractivity contribution is 0.0783. The van der Waals surface area contributed by atoms with Crippen molar-refractivity contribution in [1.82, 2.24) is 24.5 Å². The van der Waals surface area contributed by atoms with Gasteiger partial charge in [0.05, 0.1) is 39.6 Å². The summed E-state index contributed by atoms with van der Waals surface area (Å²) in [6.07, 6.45) is 2.37. The highest BCUT2D eigenvalue weighted by molar-refractivity contribution is 6.07. The third-order valence-corrected chi connectivity index (χ3v) is 6.78. The molecular weight excluding hydrogens is 457 g/mol. The van der Waals surface area contributed by atoms with Crippen LogP contribution in [0.2, 0.25) is 0 Å². The number of pyridine rings is 1. The first-order valence-electron chi connectivity index (χ1n) is 12.0. The molecule has 0 aliphatic rings. The van der Waals surface area contributed by atoms with Crippen LogP contribution < -0.4 is 0 Å². The van der Waals surface area contributed by atoms with Crippen molar-refractivity contribution < 1.29 is 14.2 Å². The van der Waals surface area contributed by atoms with Crippen LogP contribution in [0.1, 0.15) is 43.1 Å². The van der Waals surface area contributed by atoms with Gasteiger partial charge in [0.15, 0.2) is 0 Å². The van der Waals surface area contributed by atoms with Crippen LogP contribution in [0.4, 0.5) is 4.39 Å². The molecule has 5 aromatic rings. The van der Waals surface area contributed by atoms with Gasteiger partial charge in [-0.05, 0) is 51.0 Å². The molecule has 3 aromatic heterocycles. The number of halogens is 1. The SMILES string of the molecule is COCC[C@@H](c1ccccc1)n1c2cc(-c3c(C)nnn3C)c(F)cc2c2ncc(C(C)(C)O)cc21. The van der Waals surface area contributed by atoms with Crippen molar-refractivity contribution in [2.75, 3.05) is 13.7 Å². The fourth-order valence-corrected chi connectivity index (χ4v) is 4.96. The molecule has 0 unspecified atom stereocenters. The minimum absolute atomic E-state index is 0.103. The Morgan fingerprint density at radius 3 is 2.50 bits per heavy atom. The predicted molar refractivity (Wildman–Crippen MR) is 138 cm³/mol. The van der Waals surface area contributed by atoms with E-state index < -0.39 is 5.60 Å². The maximum Gasteiger partial charge on any atom is 0.133 e. The quantitative estimate of drug-likeness (QED) is 0.338. The molecule has 3 heterocycles. The second-order valence-electron chi connectivity index (χ2n) is 9.72. The van der Waals surface area contributed by atoms with Crippen LogP contribution >= 0.6 is 0 Å². The summed E-state index contributed by atoms with van der Waals surface area (Å²) in [6, 6.07) is 15.5. The molecule has 0 bridgehead atoms. The first-order valence-corrected chi connectivity index (χ1v) is 12.0. The van der Waals surface area contributed by atoms with Gasteiger partial charge < -0.3 is 14.4 Å². The van der Waals surface area contributed by atoms with Gasteiger partial charge in [-0.1, -0.05) is 35.5 Å². The van der Waals surface area contributed by atoms with Crippen LogP contribution in [0.15, 0.2) is 54.7 Å². The Balaban J connectivity index is 1.89. The number of benzene rings is 2. The van der Waals surface area contributed by atoms with Crippen molar-refractivity contribution in [2.45, 2.75) is 38.8 Å². The number of aliphatic hydroxyl groups is 1. The smallest absolute Gasteiger partial charge is 0.133 e. The van der Waals surface area contributed by atoms with E-state index in [1.807, 2.05) is 37.3 Å². The van der Waals surface area contributed by atoms with Crippen molar-refractivity contribution in [3.05, 3.63) is 77.4 Å². The molecule has 36 heavy (non-hydrogen) atoms. The Bertz CT molecular complexity index is 1530. The van der Waals surface area contributed by atoms with Crippen LogP contribution in [0.3, 0.4) is 0 Å². The van der Waals surface area contributed by atoms with Gasteiger partial charge in [0, 0.05) is 43.5 Å². The van der Waals surface area contributed by atoms with Gasteiger partial charge in [0.2, 0.25) is 0 Å². The van der Waals surface area contributed by atoms with Crippen molar-refractivity contribution in [1.29, 1.82) is 0 Å². The third kappa shape index (κ3) is 4.06. The number of hydrogen-bond donors (Lipinski definition) is 1. The normalized spacial score (nSPS) is 13.1. The highest BCUT2D eigenvalue weighted by atomic mass is 19.1. The Hall–Kier alpha value is -3.62. The summed E-state index contributed by atoms with van der Waals surface area (Å²) in [5, 5.41) is 19.6. The molecule has 0 aliphatic carbocycles. The number of fused-ring (bicyclic) bond motifs is 3. The number of nitrogens with zero attached hydrogens (tertiary/aromatic N) is 5. The Labute approximate surface area is 209 Å². The highest BCUT2D eigenvalue weighted by Gasteiger charge is 2.26. The number of ether oxygens (including phenoxy) is 1. The van der Waals surface area contributed by atoms with Crippen LogP contribution in [-0.4, -0.2) is 43.4 Å². The number of aryl methyl sites for hydroxylation is 2. The first-order chi connectivity index (χ1) is 17.2. The Morgan fingerprint density at radius 1 is 1.11 bits per heavy atom. The lowest BCUT2D eigenvalue weighted by Crippen LogP contribution is -2.17. The largest absolute Gasteiger partial charge is 0.386 e. The Kier molecular flexibility index (Phi) is 6.10. The van der Waals surface area contributed by atoms with Gasteiger partial charge in [0.25, 0.3) is 0 Å². The maximum absolute atomic E-state index is 15.6. The fourth-order valence-electron chi connectivity index (χ4n) is 4.96. The topological polar surface area (TPSA) is 78.0 Å². The molecule has 0 saturated heterocycles. The van der Waals surface area contributed by atoms with Crippen LogP contribution in [0.25, 0.3) is 33.2 Å². The summed E-state index contributed by atoms with van der Waals surface area (Å²) in [5.41, 5.74) is 4.77. The van der Waals surface area contributed by atoms with E-state index in [0.717, 1.165) is 16.6 Å². The molecule has 0 saturated carbocycles. The van der Waals surface area contributed by atoms with Gasteiger partial charge in [-0.3, -0.25) is 4.98 Å². The van der Waals surface area contributed by atoms with E-state index >= 15 is 4.39 Å². The summed E-state index contributed by atoms with van der Waals surface area (Å²) in [4.78, 5) is 4.71.